The van der Waals surface area contributed by atoms with Crippen LogP contribution in [-0.4, -0.2) is 29.2 Å². The molecular weight excluding hydrogens is 504 g/mol. The van der Waals surface area contributed by atoms with Gasteiger partial charge in [0.15, 0.2) is 0 Å². The van der Waals surface area contributed by atoms with Gasteiger partial charge in [-0.25, -0.2) is 14.6 Å². The first-order valence-electron chi connectivity index (χ1n) is 13.0. The second-order valence-electron chi connectivity index (χ2n) is 11.3. The lowest BCUT2D eigenvalue weighted by Gasteiger charge is -2.20. The van der Waals surface area contributed by atoms with Crippen LogP contribution < -0.4 is 16.0 Å². The number of anilines is 1. The van der Waals surface area contributed by atoms with Crippen molar-refractivity contribution in [3.8, 4) is 22.3 Å². The van der Waals surface area contributed by atoms with E-state index in [2.05, 4.69) is 51.8 Å². The minimum atomic E-state index is -0.582. The van der Waals surface area contributed by atoms with Crippen molar-refractivity contribution in [3.63, 3.8) is 0 Å². The van der Waals surface area contributed by atoms with E-state index in [-0.39, 0.29) is 0 Å². The van der Waals surface area contributed by atoms with Crippen LogP contribution in [0.2, 0.25) is 0 Å². The van der Waals surface area contributed by atoms with Crippen LogP contribution in [0.3, 0.4) is 0 Å². The Morgan fingerprint density at radius 3 is 1.45 bits per heavy atom. The standard InChI is InChI=1S/C32H38N4O4/c1-21(35-29(37)39-31(3,4)5)33-27-17-13-25(14-18-27)23-9-11-24(12-10-23)26-15-19-28(20-16-26)34-22(2)36-30(38)40-32(6,7)8/h9-20,33H,1H2,2-8H3,(H,35,37)(H,34,36,38). The molecule has 0 unspecified atom stereocenters. The van der Waals surface area contributed by atoms with Crippen molar-refractivity contribution < 1.29 is 19.1 Å². The highest BCUT2D eigenvalue weighted by Gasteiger charge is 2.17. The average molecular weight is 543 g/mol. The summed E-state index contributed by atoms with van der Waals surface area (Å²) in [4.78, 5) is 28.3. The molecule has 3 rings (SSSR count). The number of benzene rings is 3. The summed E-state index contributed by atoms with van der Waals surface area (Å²) in [7, 11) is 0. The van der Waals surface area contributed by atoms with E-state index >= 15 is 0 Å². The van der Waals surface area contributed by atoms with Crippen LogP contribution in [0.15, 0.2) is 90.2 Å². The molecule has 0 radical (unpaired) electrons. The van der Waals surface area contributed by atoms with Gasteiger partial charge in [-0.3, -0.25) is 10.6 Å². The lowest BCUT2D eigenvalue weighted by atomic mass is 10.00. The molecule has 0 fully saturated rings. The van der Waals surface area contributed by atoms with Crippen molar-refractivity contribution in [2.24, 2.45) is 4.99 Å². The number of hydrogen-bond acceptors (Lipinski definition) is 6. The fourth-order valence-electron chi connectivity index (χ4n) is 3.63. The minimum absolute atomic E-state index is 0.331. The van der Waals surface area contributed by atoms with E-state index in [0.29, 0.717) is 11.7 Å². The highest BCUT2D eigenvalue weighted by Crippen LogP contribution is 2.27. The first-order valence-corrected chi connectivity index (χ1v) is 13.0. The summed E-state index contributed by atoms with van der Waals surface area (Å²) in [5, 5.41) is 8.28. The monoisotopic (exact) mass is 542 g/mol. The summed E-state index contributed by atoms with van der Waals surface area (Å²) in [6.07, 6.45) is -1.09. The first-order chi connectivity index (χ1) is 18.7. The minimum Gasteiger partial charge on any atom is -0.444 e. The first kappa shape index (κ1) is 30.0. The highest BCUT2D eigenvalue weighted by molar-refractivity contribution is 5.95. The van der Waals surface area contributed by atoms with Gasteiger partial charge in [0.2, 0.25) is 0 Å². The second-order valence-corrected chi connectivity index (χ2v) is 11.3. The second kappa shape index (κ2) is 12.5. The maximum Gasteiger partial charge on any atom is 0.413 e. The molecule has 2 amide bonds. The smallest absolute Gasteiger partial charge is 0.413 e. The number of carbonyl (C=O) groups excluding carboxylic acids is 2. The fourth-order valence-corrected chi connectivity index (χ4v) is 3.63. The Morgan fingerprint density at radius 2 is 1.02 bits per heavy atom. The largest absolute Gasteiger partial charge is 0.444 e. The average Bonchev–Trinajstić information content (AvgIpc) is 2.82. The van der Waals surface area contributed by atoms with E-state index < -0.39 is 23.4 Å². The Bertz CT molecular complexity index is 1360. The van der Waals surface area contributed by atoms with Gasteiger partial charge in [-0.05, 0) is 95.0 Å². The third-order valence-corrected chi connectivity index (χ3v) is 5.23. The van der Waals surface area contributed by atoms with E-state index in [0.717, 1.165) is 33.6 Å². The lowest BCUT2D eigenvalue weighted by Crippen LogP contribution is -2.35. The van der Waals surface area contributed by atoms with Crippen molar-refractivity contribution in [2.45, 2.75) is 59.7 Å². The lowest BCUT2D eigenvalue weighted by molar-refractivity contribution is 0.0540. The SMILES string of the molecule is C=C(NC(=O)OC(C)(C)C)Nc1ccc(-c2ccc(-c3ccc(N=C(C)NC(=O)OC(C)(C)C)cc3)cc2)cc1. The van der Waals surface area contributed by atoms with Gasteiger partial charge in [-0.2, -0.15) is 0 Å². The summed E-state index contributed by atoms with van der Waals surface area (Å²) >= 11 is 0. The normalized spacial score (nSPS) is 11.8. The Balaban J connectivity index is 1.58. The van der Waals surface area contributed by atoms with Crippen LogP contribution in [0.1, 0.15) is 48.5 Å². The Hall–Kier alpha value is -4.59. The third kappa shape index (κ3) is 9.94. The van der Waals surface area contributed by atoms with Gasteiger partial charge in [0.05, 0.1) is 5.69 Å². The molecule has 3 N–H and O–H groups in total. The number of hydrogen-bond donors (Lipinski definition) is 3. The highest BCUT2D eigenvalue weighted by atomic mass is 16.6. The number of alkyl carbamates (subject to hydrolysis) is 2. The Morgan fingerprint density at radius 1 is 0.650 bits per heavy atom. The van der Waals surface area contributed by atoms with Gasteiger partial charge in [-0.1, -0.05) is 55.1 Å². The van der Waals surface area contributed by atoms with Crippen LogP contribution in [0, 0.1) is 0 Å². The van der Waals surface area contributed by atoms with Crippen molar-refractivity contribution in [1.29, 1.82) is 0 Å². The zero-order valence-electron chi connectivity index (χ0n) is 24.2. The van der Waals surface area contributed by atoms with Crippen molar-refractivity contribution >= 4 is 29.4 Å². The van der Waals surface area contributed by atoms with Crippen LogP contribution >= 0.6 is 0 Å². The molecule has 0 aromatic heterocycles. The summed E-state index contributed by atoms with van der Waals surface area (Å²) < 4.78 is 10.5. The molecule has 0 saturated heterocycles. The molecule has 3 aromatic carbocycles. The molecule has 0 saturated carbocycles. The van der Waals surface area contributed by atoms with Gasteiger partial charge < -0.3 is 14.8 Å². The molecule has 0 heterocycles. The van der Waals surface area contributed by atoms with Crippen LogP contribution in [0.25, 0.3) is 22.3 Å². The van der Waals surface area contributed by atoms with Crippen molar-refractivity contribution in [3.05, 3.63) is 85.2 Å². The Kier molecular flexibility index (Phi) is 9.37. The van der Waals surface area contributed by atoms with E-state index in [9.17, 15) is 9.59 Å². The number of carbonyl (C=O) groups is 2. The number of amidine groups is 1. The maximum absolute atomic E-state index is 11.9. The third-order valence-electron chi connectivity index (χ3n) is 5.23. The quantitative estimate of drug-likeness (QED) is 0.216. The van der Waals surface area contributed by atoms with Crippen LogP contribution in [0.5, 0.6) is 0 Å². The summed E-state index contributed by atoms with van der Waals surface area (Å²) in [5.74, 6) is 0.786. The van der Waals surface area contributed by atoms with Crippen molar-refractivity contribution in [1.82, 2.24) is 10.6 Å². The summed E-state index contributed by atoms with van der Waals surface area (Å²) in [5.41, 5.74) is 4.63. The molecule has 8 nitrogen and oxygen atoms in total. The number of ether oxygens (including phenoxy) is 2. The van der Waals surface area contributed by atoms with Gasteiger partial charge in [-0.15, -0.1) is 0 Å². The number of nitrogens with one attached hydrogen (secondary N) is 3. The molecule has 210 valence electrons. The molecule has 0 aliphatic carbocycles. The number of amides is 2. The molecule has 0 aliphatic rings. The molecule has 40 heavy (non-hydrogen) atoms. The van der Waals surface area contributed by atoms with Gasteiger partial charge in [0, 0.05) is 5.69 Å². The molecule has 8 heteroatoms. The molecule has 0 aliphatic heterocycles. The number of nitrogens with zero attached hydrogens (tertiary/aromatic N) is 1. The van der Waals surface area contributed by atoms with E-state index in [1.807, 2.05) is 69.3 Å². The molecular formula is C32H38N4O4. The molecule has 0 atom stereocenters. The fraction of sp³-hybridized carbons (Fsp3) is 0.281. The maximum atomic E-state index is 11.9. The molecule has 0 bridgehead atoms. The number of aliphatic imine (C=N–C) groups is 1. The van der Waals surface area contributed by atoms with E-state index in [4.69, 9.17) is 9.47 Å². The van der Waals surface area contributed by atoms with Gasteiger partial charge in [0.1, 0.15) is 22.9 Å². The van der Waals surface area contributed by atoms with Crippen LogP contribution in [0.4, 0.5) is 21.0 Å². The zero-order valence-corrected chi connectivity index (χ0v) is 24.2. The Labute approximate surface area is 236 Å². The van der Waals surface area contributed by atoms with Crippen molar-refractivity contribution in [2.75, 3.05) is 5.32 Å². The predicted octanol–water partition coefficient (Wildman–Crippen LogP) is 8.00. The zero-order chi connectivity index (χ0) is 29.5. The van der Waals surface area contributed by atoms with E-state index in [1.54, 1.807) is 27.7 Å². The molecule has 3 aromatic rings. The topological polar surface area (TPSA) is 101 Å². The van der Waals surface area contributed by atoms with Gasteiger partial charge >= 0.3 is 12.2 Å². The van der Waals surface area contributed by atoms with Gasteiger partial charge in [0.25, 0.3) is 0 Å². The summed E-state index contributed by atoms with van der Waals surface area (Å²) in [6, 6.07) is 23.9. The van der Waals surface area contributed by atoms with E-state index in [1.165, 1.54) is 0 Å². The number of rotatable bonds is 6. The summed E-state index contributed by atoms with van der Waals surface area (Å²) in [6.45, 7) is 16.4. The van der Waals surface area contributed by atoms with Crippen LogP contribution in [-0.2, 0) is 9.47 Å². The molecule has 0 spiro atoms. The predicted molar refractivity (Wildman–Crippen MR) is 162 cm³/mol.